The molecule has 0 atom stereocenters. The summed E-state index contributed by atoms with van der Waals surface area (Å²) in [6, 6.07) is -10.4. The lowest BCUT2D eigenvalue weighted by atomic mass is 10.4. The van der Waals surface area contributed by atoms with Crippen molar-refractivity contribution < 1.29 is 26.5 Å². The van der Waals surface area contributed by atoms with Crippen LogP contribution in [0.5, 0.6) is 0 Å². The lowest BCUT2D eigenvalue weighted by Crippen LogP contribution is -2.57. The first-order chi connectivity index (χ1) is 5.30. The molecule has 1 heterocycles. The highest BCUT2D eigenvalue weighted by Crippen LogP contribution is 2.43. The lowest BCUT2D eigenvalue weighted by Gasteiger charge is -2.34. The van der Waals surface area contributed by atoms with Gasteiger partial charge in [0.1, 0.15) is 0 Å². The van der Waals surface area contributed by atoms with Crippen LogP contribution in [0, 0.1) is 0 Å². The van der Waals surface area contributed by atoms with Gasteiger partial charge in [-0.25, -0.2) is 0 Å². The molecule has 0 aromatic rings. The Labute approximate surface area is 62.5 Å². The van der Waals surface area contributed by atoms with Crippen LogP contribution in [0.1, 0.15) is 0 Å². The molecule has 0 fully saturated rings. The summed E-state index contributed by atoms with van der Waals surface area (Å²) < 4.78 is 72.3. The molecule has 1 aliphatic rings. The molecule has 0 saturated heterocycles. The molecule has 2 nitrogen and oxygen atoms in total. The minimum Gasteiger partial charge on any atom is -0.171 e. The van der Waals surface area contributed by atoms with Crippen molar-refractivity contribution in [3.8, 4) is 0 Å². The molecule has 0 unspecified atom stereocenters. The number of nitrogens with zero attached hydrogens (tertiary/aromatic N) is 2. The first-order valence-electron chi connectivity index (χ1n) is 2.64. The van der Waals surface area contributed by atoms with Crippen molar-refractivity contribution in [2.24, 2.45) is 0 Å². The first-order valence-corrected chi connectivity index (χ1v) is 2.64. The van der Waals surface area contributed by atoms with Gasteiger partial charge in [-0.3, -0.25) is 0 Å². The second-order valence-corrected chi connectivity index (χ2v) is 2.00. The van der Waals surface area contributed by atoms with Gasteiger partial charge >= 0.3 is 12.1 Å². The van der Waals surface area contributed by atoms with Gasteiger partial charge in [-0.2, -0.15) is 17.6 Å². The first kappa shape index (κ1) is 9.01. The average molecular weight is 192 g/mol. The topological polar surface area (TPSA) is 6.48 Å². The molecule has 0 radical (unpaired) electrons. The summed E-state index contributed by atoms with van der Waals surface area (Å²) in [5.41, 5.74) is 0. The molecule has 0 saturated carbocycles. The SMILES string of the molecule is FN1C=CN(F)C(F)(F)C1(F)F. The Morgan fingerprint density at radius 2 is 1.00 bits per heavy atom. The van der Waals surface area contributed by atoms with Crippen molar-refractivity contribution in [2.75, 3.05) is 0 Å². The maximum atomic E-state index is 12.1. The maximum Gasteiger partial charge on any atom is 0.436 e. The zero-order chi connectivity index (χ0) is 9.57. The van der Waals surface area contributed by atoms with Crippen LogP contribution in [0.25, 0.3) is 0 Å². The number of halogens is 6. The molecule has 0 aliphatic carbocycles. The molecule has 1 rings (SSSR count). The fourth-order valence-corrected chi connectivity index (χ4v) is 0.561. The summed E-state index contributed by atoms with van der Waals surface area (Å²) in [4.78, 5) is 0. The molecular weight excluding hydrogens is 190 g/mol. The molecular formula is C4H2F6N2. The Bertz CT molecular complexity index is 192. The van der Waals surface area contributed by atoms with E-state index < -0.39 is 22.3 Å². The van der Waals surface area contributed by atoms with Gasteiger partial charge < -0.3 is 0 Å². The largest absolute Gasteiger partial charge is 0.436 e. The highest BCUT2D eigenvalue weighted by Gasteiger charge is 2.67. The van der Waals surface area contributed by atoms with Crippen molar-refractivity contribution in [3.63, 3.8) is 0 Å². The summed E-state index contributed by atoms with van der Waals surface area (Å²) >= 11 is 0. The fourth-order valence-electron chi connectivity index (χ4n) is 0.561. The lowest BCUT2D eigenvalue weighted by molar-refractivity contribution is -0.394. The Morgan fingerprint density at radius 1 is 0.750 bits per heavy atom. The van der Waals surface area contributed by atoms with Gasteiger partial charge in [-0.05, 0) is 0 Å². The van der Waals surface area contributed by atoms with Crippen LogP contribution >= 0.6 is 0 Å². The Hall–Kier alpha value is -1.08. The van der Waals surface area contributed by atoms with E-state index in [2.05, 4.69) is 0 Å². The van der Waals surface area contributed by atoms with E-state index in [0.29, 0.717) is 0 Å². The second kappa shape index (κ2) is 2.20. The molecule has 0 amide bonds. The summed E-state index contributed by atoms with van der Waals surface area (Å²) in [7, 11) is 0. The average Bonchev–Trinajstić information content (AvgIpc) is 1.96. The third-order valence-corrected chi connectivity index (χ3v) is 1.23. The second-order valence-electron chi connectivity index (χ2n) is 2.00. The Morgan fingerprint density at radius 3 is 1.25 bits per heavy atom. The standard InChI is InChI=1S/C4H2F6N2/c5-3(6)4(7,8)12(10)2-1-11(3)9/h1-2H. The minimum absolute atomic E-state index is 0.141. The normalized spacial score (nSPS) is 26.2. The number of rotatable bonds is 0. The van der Waals surface area contributed by atoms with E-state index in [4.69, 9.17) is 0 Å². The fraction of sp³-hybridized carbons (Fsp3) is 0.500. The number of alkyl halides is 4. The van der Waals surface area contributed by atoms with E-state index in [9.17, 15) is 26.5 Å². The summed E-state index contributed by atoms with van der Waals surface area (Å²) in [6.45, 7) is 0. The molecule has 0 spiro atoms. The molecule has 8 heteroatoms. The molecule has 0 N–H and O–H groups in total. The summed E-state index contributed by atoms with van der Waals surface area (Å²) in [5.74, 6) is 0. The van der Waals surface area contributed by atoms with Gasteiger partial charge in [0.25, 0.3) is 0 Å². The van der Waals surface area contributed by atoms with Crippen LogP contribution in [0.3, 0.4) is 0 Å². The Balaban J connectivity index is 3.07. The summed E-state index contributed by atoms with van der Waals surface area (Å²) in [5, 5.41) is -3.10. The third kappa shape index (κ3) is 0.901. The van der Waals surface area contributed by atoms with Gasteiger partial charge in [-0.15, -0.1) is 10.2 Å². The van der Waals surface area contributed by atoms with E-state index in [1.54, 1.807) is 0 Å². The van der Waals surface area contributed by atoms with Crippen LogP contribution in [0.2, 0.25) is 0 Å². The smallest absolute Gasteiger partial charge is 0.171 e. The van der Waals surface area contributed by atoms with Crippen molar-refractivity contribution in [2.45, 2.75) is 12.1 Å². The number of hydrogen-bond acceptors (Lipinski definition) is 2. The zero-order valence-corrected chi connectivity index (χ0v) is 5.32. The van der Waals surface area contributed by atoms with Crippen LogP contribution in [-0.4, -0.2) is 22.3 Å². The van der Waals surface area contributed by atoms with Crippen molar-refractivity contribution in [1.29, 1.82) is 0 Å². The molecule has 70 valence electrons. The van der Waals surface area contributed by atoms with Crippen LogP contribution in [0.4, 0.5) is 26.5 Å². The van der Waals surface area contributed by atoms with Crippen LogP contribution < -0.4 is 0 Å². The number of hydrogen-bond donors (Lipinski definition) is 0. The highest BCUT2D eigenvalue weighted by molar-refractivity contribution is 4.95. The zero-order valence-electron chi connectivity index (χ0n) is 5.32. The predicted octanol–water partition coefficient (Wildman–Crippen LogP) is 2.03. The van der Waals surface area contributed by atoms with Gasteiger partial charge in [-0.1, -0.05) is 8.96 Å². The van der Waals surface area contributed by atoms with E-state index >= 15 is 0 Å². The Kier molecular flexibility index (Phi) is 1.66. The van der Waals surface area contributed by atoms with E-state index in [-0.39, 0.29) is 12.4 Å². The molecule has 0 aromatic heterocycles. The van der Waals surface area contributed by atoms with Crippen molar-refractivity contribution in [1.82, 2.24) is 10.2 Å². The summed E-state index contributed by atoms with van der Waals surface area (Å²) in [6.07, 6.45) is -0.283. The predicted molar refractivity (Wildman–Crippen MR) is 24.9 cm³/mol. The monoisotopic (exact) mass is 192 g/mol. The quantitative estimate of drug-likeness (QED) is 0.329. The van der Waals surface area contributed by atoms with E-state index in [1.807, 2.05) is 0 Å². The molecule has 0 bridgehead atoms. The maximum absolute atomic E-state index is 12.1. The van der Waals surface area contributed by atoms with Gasteiger partial charge in [0.2, 0.25) is 0 Å². The molecule has 0 aromatic carbocycles. The van der Waals surface area contributed by atoms with Gasteiger partial charge in [0.05, 0.1) is 12.4 Å². The highest BCUT2D eigenvalue weighted by atomic mass is 19.3. The minimum atomic E-state index is -5.20. The van der Waals surface area contributed by atoms with Crippen LogP contribution in [0.15, 0.2) is 12.4 Å². The van der Waals surface area contributed by atoms with Gasteiger partial charge in [0.15, 0.2) is 0 Å². The van der Waals surface area contributed by atoms with E-state index in [1.165, 1.54) is 0 Å². The van der Waals surface area contributed by atoms with Crippen molar-refractivity contribution >= 4 is 0 Å². The van der Waals surface area contributed by atoms with E-state index in [0.717, 1.165) is 0 Å². The van der Waals surface area contributed by atoms with Gasteiger partial charge in [0, 0.05) is 0 Å². The molecule has 12 heavy (non-hydrogen) atoms. The van der Waals surface area contributed by atoms with Crippen LogP contribution in [-0.2, 0) is 0 Å². The third-order valence-electron chi connectivity index (χ3n) is 1.23. The van der Waals surface area contributed by atoms with Crippen molar-refractivity contribution in [3.05, 3.63) is 12.4 Å². The molecule has 1 aliphatic heterocycles.